The summed E-state index contributed by atoms with van der Waals surface area (Å²) in [5.74, 6) is 2.85. The highest BCUT2D eigenvalue weighted by atomic mass is 31.2. The van der Waals surface area contributed by atoms with Gasteiger partial charge in [0.05, 0.1) is 0 Å². The van der Waals surface area contributed by atoms with E-state index in [4.69, 9.17) is 13.6 Å². The molecule has 0 bridgehead atoms. The van der Waals surface area contributed by atoms with Crippen molar-refractivity contribution < 1.29 is 13.6 Å². The maximum Gasteiger partial charge on any atom is 0.530 e. The molecule has 0 fully saturated rings. The molecule has 4 heteroatoms. The van der Waals surface area contributed by atoms with Gasteiger partial charge in [-0.15, -0.1) is 0 Å². The van der Waals surface area contributed by atoms with E-state index >= 15 is 0 Å². The fraction of sp³-hybridized carbons (Fsp3) is 0.714. The summed E-state index contributed by atoms with van der Waals surface area (Å²) < 4.78 is 21.6. The summed E-state index contributed by atoms with van der Waals surface area (Å²) in [6.45, 7) is 11.5. The van der Waals surface area contributed by atoms with Gasteiger partial charge in [-0.2, -0.15) is 0 Å². The van der Waals surface area contributed by atoms with E-state index in [0.717, 1.165) is 49.4 Å². The molecule has 0 unspecified atom stereocenters. The molecule has 0 radical (unpaired) electrons. The van der Waals surface area contributed by atoms with Crippen molar-refractivity contribution in [2.45, 2.75) is 291 Å². The van der Waals surface area contributed by atoms with Gasteiger partial charge in [0.2, 0.25) is 0 Å². The number of para-hydroxylation sites is 1. The number of unbranched alkanes of at least 4 members (excludes halogenated alkanes) is 30. The molecule has 0 saturated heterocycles. The zero-order chi connectivity index (χ0) is 47.7. The first-order chi connectivity index (χ1) is 33.1. The zero-order valence-corrected chi connectivity index (χ0v) is 45.6. The van der Waals surface area contributed by atoms with E-state index in [1.54, 1.807) is 0 Å². The number of rotatable bonds is 46. The molecule has 3 aromatic carbocycles. The van der Waals surface area contributed by atoms with Gasteiger partial charge >= 0.3 is 8.60 Å². The Morgan fingerprint density at radius 2 is 0.507 bits per heavy atom. The third-order valence-corrected chi connectivity index (χ3v) is 15.2. The number of hydrogen-bond acceptors (Lipinski definition) is 3. The Kier molecular flexibility index (Phi) is 36.2. The van der Waals surface area contributed by atoms with Gasteiger partial charge in [0, 0.05) is 0 Å². The normalized spacial score (nSPS) is 11.5. The Morgan fingerprint density at radius 1 is 0.254 bits per heavy atom. The van der Waals surface area contributed by atoms with Crippen LogP contribution in [-0.2, 0) is 32.1 Å². The van der Waals surface area contributed by atoms with Crippen molar-refractivity contribution in [1.29, 1.82) is 0 Å². The monoisotopic (exact) mass is 941 g/mol. The molecule has 0 aliphatic rings. The molecule has 0 aromatic heterocycles. The molecule has 67 heavy (non-hydrogen) atoms. The van der Waals surface area contributed by atoms with Crippen LogP contribution in [0.25, 0.3) is 0 Å². The van der Waals surface area contributed by atoms with Crippen molar-refractivity contribution >= 4 is 8.60 Å². The Morgan fingerprint density at radius 3 is 0.866 bits per heavy atom. The van der Waals surface area contributed by atoms with Crippen LogP contribution in [0.15, 0.2) is 60.7 Å². The van der Waals surface area contributed by atoms with E-state index in [-0.39, 0.29) is 0 Å². The second-order valence-corrected chi connectivity index (χ2v) is 21.2. The number of aryl methyl sites for hydroxylation is 3. The molecule has 0 aliphatic heterocycles. The molecule has 0 saturated carbocycles. The molecule has 0 amide bonds. The van der Waals surface area contributed by atoms with E-state index in [2.05, 4.69) is 95.3 Å². The molecule has 0 N–H and O–H groups in total. The predicted molar refractivity (Wildman–Crippen MR) is 297 cm³/mol. The minimum atomic E-state index is -1.80. The third kappa shape index (κ3) is 27.5. The van der Waals surface area contributed by atoms with Crippen molar-refractivity contribution in [3.63, 3.8) is 0 Å². The largest absolute Gasteiger partial charge is 0.530 e. The van der Waals surface area contributed by atoms with Crippen LogP contribution in [0, 0.1) is 0 Å². The van der Waals surface area contributed by atoms with Crippen molar-refractivity contribution in [3.8, 4) is 17.2 Å². The highest BCUT2D eigenvalue weighted by Crippen LogP contribution is 2.46. The minimum absolute atomic E-state index is 0.917. The topological polar surface area (TPSA) is 27.7 Å². The van der Waals surface area contributed by atoms with Gasteiger partial charge in [-0.1, -0.05) is 270 Å². The summed E-state index contributed by atoms with van der Waals surface area (Å²) in [5.41, 5.74) is 6.95. The Balaban J connectivity index is 1.96. The van der Waals surface area contributed by atoms with Gasteiger partial charge < -0.3 is 13.6 Å². The van der Waals surface area contributed by atoms with Crippen molar-refractivity contribution in [1.82, 2.24) is 0 Å². The standard InChI is InChI=1S/C63H105O3P/c1-6-11-16-21-26-31-36-45-56-49-43-54-62(59(56)51-39-34-29-24-19-14-9-4)65-67(64-61-53-42-41-48-58(61)47-38-33-28-23-18-13-8-3)66-63-55-44-50-57(46-37-32-27-22-17-12-7-2)60(63)52-40-35-30-25-20-15-10-5/h41-44,48-50,53-55H,6-40,45-47,51-52H2,1-5H3. The molecule has 380 valence electrons. The lowest BCUT2D eigenvalue weighted by atomic mass is 9.95. The average molecular weight is 942 g/mol. The van der Waals surface area contributed by atoms with Crippen LogP contribution in [0.5, 0.6) is 17.2 Å². The summed E-state index contributed by atoms with van der Waals surface area (Å²) in [7, 11) is -1.80. The molecular formula is C63H105O3P. The fourth-order valence-electron chi connectivity index (χ4n) is 9.86. The number of benzene rings is 3. The molecular weight excluding hydrogens is 836 g/mol. The maximum atomic E-state index is 7.25. The SMILES string of the molecule is CCCCCCCCCc1ccccc1OP(Oc1cccc(CCCCCCCCC)c1CCCCCCCCC)Oc1cccc(CCCCCCCCC)c1CCCCCCCCC. The van der Waals surface area contributed by atoms with Crippen LogP contribution in [0.1, 0.15) is 287 Å². The minimum Gasteiger partial charge on any atom is -0.408 e. The fourth-order valence-corrected chi connectivity index (χ4v) is 11.0. The van der Waals surface area contributed by atoms with Crippen molar-refractivity contribution in [3.05, 3.63) is 88.5 Å². The summed E-state index contributed by atoms with van der Waals surface area (Å²) in [4.78, 5) is 0. The Hall–Kier alpha value is -2.51. The lowest BCUT2D eigenvalue weighted by Gasteiger charge is -2.24. The van der Waals surface area contributed by atoms with Crippen molar-refractivity contribution in [2.24, 2.45) is 0 Å². The number of hydrogen-bond donors (Lipinski definition) is 0. The van der Waals surface area contributed by atoms with E-state index in [1.807, 2.05) is 0 Å². The summed E-state index contributed by atoms with van der Waals surface area (Å²) in [5, 5.41) is 0. The maximum absolute atomic E-state index is 7.25. The van der Waals surface area contributed by atoms with Crippen LogP contribution in [0.2, 0.25) is 0 Å². The van der Waals surface area contributed by atoms with Gasteiger partial charge in [0.1, 0.15) is 17.2 Å². The summed E-state index contributed by atoms with van der Waals surface area (Å²) in [6, 6.07) is 22.4. The van der Waals surface area contributed by atoms with Crippen LogP contribution < -0.4 is 13.6 Å². The van der Waals surface area contributed by atoms with Crippen molar-refractivity contribution in [2.75, 3.05) is 0 Å². The van der Waals surface area contributed by atoms with Gasteiger partial charge in [-0.3, -0.25) is 0 Å². The molecule has 0 spiro atoms. The van der Waals surface area contributed by atoms with Gasteiger partial charge in [-0.05, 0) is 110 Å². The van der Waals surface area contributed by atoms with E-state index < -0.39 is 8.60 Å². The Labute approximate surface area is 417 Å². The molecule has 0 atom stereocenters. The molecule has 3 rings (SSSR count). The smallest absolute Gasteiger partial charge is 0.408 e. The lowest BCUT2D eigenvalue weighted by Crippen LogP contribution is -2.08. The Bertz CT molecular complexity index is 1500. The highest BCUT2D eigenvalue weighted by molar-refractivity contribution is 7.43. The van der Waals surface area contributed by atoms with Crippen LogP contribution in [-0.4, -0.2) is 0 Å². The lowest BCUT2D eigenvalue weighted by molar-refractivity contribution is 0.381. The average Bonchev–Trinajstić information content (AvgIpc) is 3.34. The van der Waals surface area contributed by atoms with Gasteiger partial charge in [0.15, 0.2) is 0 Å². The first-order valence-electron chi connectivity index (χ1n) is 29.3. The second kappa shape index (κ2) is 41.3. The van der Waals surface area contributed by atoms with Crippen LogP contribution >= 0.6 is 8.60 Å². The highest BCUT2D eigenvalue weighted by Gasteiger charge is 2.26. The molecule has 3 aromatic rings. The quantitative estimate of drug-likeness (QED) is 0.0417. The molecule has 3 nitrogen and oxygen atoms in total. The first kappa shape index (κ1) is 58.8. The van der Waals surface area contributed by atoms with Gasteiger partial charge in [0.25, 0.3) is 0 Å². The van der Waals surface area contributed by atoms with E-state index in [9.17, 15) is 0 Å². The van der Waals surface area contributed by atoms with Gasteiger partial charge in [-0.25, -0.2) is 0 Å². The second-order valence-electron chi connectivity index (χ2n) is 20.2. The third-order valence-electron chi connectivity index (χ3n) is 14.2. The van der Waals surface area contributed by atoms with Crippen LogP contribution in [0.4, 0.5) is 0 Å². The van der Waals surface area contributed by atoms with E-state index in [0.29, 0.717) is 0 Å². The summed E-state index contributed by atoms with van der Waals surface area (Å²) in [6.07, 6.45) is 51.3. The summed E-state index contributed by atoms with van der Waals surface area (Å²) >= 11 is 0. The van der Waals surface area contributed by atoms with E-state index in [1.165, 1.54) is 253 Å². The molecule has 0 heterocycles. The first-order valence-corrected chi connectivity index (χ1v) is 30.4. The molecule has 0 aliphatic carbocycles. The van der Waals surface area contributed by atoms with Crippen LogP contribution in [0.3, 0.4) is 0 Å². The predicted octanol–water partition coefficient (Wildman–Crippen LogP) is 21.9. The zero-order valence-electron chi connectivity index (χ0n) is 44.7.